The molecule has 10 heteroatoms. The second-order valence-electron chi connectivity index (χ2n) is 5.96. The number of halogens is 1. The minimum atomic E-state index is -3.55. The average molecular weight is 422 g/mol. The maximum atomic E-state index is 12.2. The van der Waals surface area contributed by atoms with Gasteiger partial charge in [0.2, 0.25) is 5.89 Å². The number of carbonyl (C=O) groups is 1. The molecule has 28 heavy (non-hydrogen) atoms. The summed E-state index contributed by atoms with van der Waals surface area (Å²) in [5, 5.41) is 10.3. The molecule has 0 aliphatic rings. The number of benzene rings is 2. The Labute approximate surface area is 166 Å². The molecule has 0 bridgehead atoms. The van der Waals surface area contributed by atoms with Crippen molar-refractivity contribution in [1.29, 1.82) is 0 Å². The first-order chi connectivity index (χ1) is 13.2. The number of primary amides is 1. The SMILES string of the molecule is CS(=O)(=O)c1ccccc1-c1nc(CN(O)C(N)=O)oc1-c1ccc(Cl)cc1. The predicted molar refractivity (Wildman–Crippen MR) is 102 cm³/mol. The van der Waals surface area contributed by atoms with E-state index in [1.807, 2.05) is 0 Å². The van der Waals surface area contributed by atoms with E-state index >= 15 is 0 Å². The molecular weight excluding hydrogens is 406 g/mol. The lowest BCUT2D eigenvalue weighted by atomic mass is 10.1. The highest BCUT2D eigenvalue weighted by Gasteiger charge is 2.23. The van der Waals surface area contributed by atoms with Crippen LogP contribution >= 0.6 is 11.6 Å². The number of urea groups is 1. The van der Waals surface area contributed by atoms with Crippen molar-refractivity contribution in [2.45, 2.75) is 11.4 Å². The zero-order valence-corrected chi connectivity index (χ0v) is 16.2. The van der Waals surface area contributed by atoms with Crippen molar-refractivity contribution in [3.8, 4) is 22.6 Å². The second-order valence-corrected chi connectivity index (χ2v) is 8.38. The van der Waals surface area contributed by atoms with Gasteiger partial charge in [-0.2, -0.15) is 5.06 Å². The molecule has 3 rings (SSSR count). The number of hydroxylamine groups is 2. The normalized spacial score (nSPS) is 11.4. The van der Waals surface area contributed by atoms with Crippen molar-refractivity contribution in [1.82, 2.24) is 10.0 Å². The molecule has 0 spiro atoms. The van der Waals surface area contributed by atoms with Crippen LogP contribution in [0.25, 0.3) is 22.6 Å². The third-order valence-electron chi connectivity index (χ3n) is 3.86. The summed E-state index contributed by atoms with van der Waals surface area (Å²) in [6.45, 7) is -0.406. The van der Waals surface area contributed by atoms with Gasteiger partial charge in [-0.15, -0.1) is 0 Å². The van der Waals surface area contributed by atoms with Crippen molar-refractivity contribution < 1.29 is 22.8 Å². The van der Waals surface area contributed by atoms with E-state index in [1.54, 1.807) is 42.5 Å². The first-order valence-corrected chi connectivity index (χ1v) is 10.2. The smallest absolute Gasteiger partial charge is 0.339 e. The van der Waals surface area contributed by atoms with Crippen LogP contribution in [0, 0.1) is 0 Å². The molecule has 8 nitrogen and oxygen atoms in total. The number of hydrogen-bond donors (Lipinski definition) is 2. The molecule has 0 aliphatic heterocycles. The van der Waals surface area contributed by atoms with Crippen molar-refractivity contribution >= 4 is 27.5 Å². The van der Waals surface area contributed by atoms with Gasteiger partial charge in [-0.1, -0.05) is 29.8 Å². The van der Waals surface area contributed by atoms with Crippen LogP contribution in [-0.2, 0) is 16.4 Å². The Hall–Kier alpha value is -2.88. The van der Waals surface area contributed by atoms with E-state index in [4.69, 9.17) is 21.8 Å². The van der Waals surface area contributed by atoms with Crippen molar-refractivity contribution in [2.24, 2.45) is 5.73 Å². The second kappa shape index (κ2) is 7.63. The first-order valence-electron chi connectivity index (χ1n) is 7.98. The van der Waals surface area contributed by atoms with E-state index in [2.05, 4.69) is 4.98 Å². The Kier molecular flexibility index (Phi) is 5.41. The fourth-order valence-corrected chi connectivity index (χ4v) is 3.62. The molecule has 1 aromatic heterocycles. The van der Waals surface area contributed by atoms with Crippen LogP contribution in [0.4, 0.5) is 4.79 Å². The number of carbonyl (C=O) groups excluding carboxylic acids is 1. The van der Waals surface area contributed by atoms with Gasteiger partial charge in [-0.3, -0.25) is 5.21 Å². The molecule has 146 valence electrons. The summed E-state index contributed by atoms with van der Waals surface area (Å²) in [6, 6.07) is 11.9. The van der Waals surface area contributed by atoms with Gasteiger partial charge in [0.1, 0.15) is 12.2 Å². The van der Waals surface area contributed by atoms with Gasteiger partial charge in [-0.05, 0) is 30.3 Å². The van der Waals surface area contributed by atoms with Gasteiger partial charge in [0.05, 0.1) is 4.90 Å². The van der Waals surface area contributed by atoms with E-state index in [0.717, 1.165) is 6.26 Å². The van der Waals surface area contributed by atoms with Gasteiger partial charge < -0.3 is 10.2 Å². The lowest BCUT2D eigenvalue weighted by Crippen LogP contribution is -2.32. The standard InChI is InChI=1S/C18H16ClN3O5S/c1-28(25,26)14-5-3-2-4-13(14)16-17(11-6-8-12(19)9-7-11)27-15(21-16)10-22(24)18(20)23/h2-9,24H,10H2,1H3,(H2,20,23). The van der Waals surface area contributed by atoms with Crippen LogP contribution in [-0.4, -0.2) is 36.0 Å². The minimum absolute atomic E-state index is 0.0236. The molecular formula is C18H16ClN3O5S. The van der Waals surface area contributed by atoms with Crippen LogP contribution in [0.3, 0.4) is 0 Å². The summed E-state index contributed by atoms with van der Waals surface area (Å²) < 4.78 is 30.1. The van der Waals surface area contributed by atoms with Crippen LogP contribution in [0.2, 0.25) is 5.02 Å². The number of oxazole rings is 1. The van der Waals surface area contributed by atoms with Crippen LogP contribution in [0.15, 0.2) is 57.8 Å². The molecule has 0 atom stereocenters. The van der Waals surface area contributed by atoms with E-state index in [-0.39, 0.29) is 27.3 Å². The number of sulfone groups is 1. The highest BCUT2D eigenvalue weighted by atomic mass is 35.5. The van der Waals surface area contributed by atoms with Crippen molar-refractivity contribution in [2.75, 3.05) is 6.26 Å². The minimum Gasteiger partial charge on any atom is -0.438 e. The van der Waals surface area contributed by atoms with E-state index < -0.39 is 22.4 Å². The summed E-state index contributed by atoms with van der Waals surface area (Å²) in [5.74, 6) is 0.241. The fraction of sp³-hybridized carbons (Fsp3) is 0.111. The number of nitrogens with two attached hydrogens (primary N) is 1. The lowest BCUT2D eigenvalue weighted by molar-refractivity contribution is -0.0523. The van der Waals surface area contributed by atoms with Crippen molar-refractivity contribution in [3.05, 3.63) is 59.4 Å². The molecule has 0 unspecified atom stereocenters. The molecule has 3 aromatic rings. The van der Waals surface area contributed by atoms with Gasteiger partial charge in [0.25, 0.3) is 0 Å². The molecule has 0 saturated heterocycles. The number of aromatic nitrogens is 1. The zero-order chi connectivity index (χ0) is 20.5. The largest absolute Gasteiger partial charge is 0.438 e. The lowest BCUT2D eigenvalue weighted by Gasteiger charge is -2.08. The third-order valence-corrected chi connectivity index (χ3v) is 5.27. The maximum Gasteiger partial charge on any atom is 0.339 e. The number of hydrogen-bond acceptors (Lipinski definition) is 6. The number of rotatable bonds is 5. The Balaban J connectivity index is 2.21. The Morgan fingerprint density at radius 3 is 2.46 bits per heavy atom. The van der Waals surface area contributed by atoms with Crippen LogP contribution in [0.1, 0.15) is 5.89 Å². The number of amides is 2. The summed E-state index contributed by atoms with van der Waals surface area (Å²) in [6.07, 6.45) is 1.09. The first kappa shape index (κ1) is 19.9. The predicted octanol–water partition coefficient (Wildman–Crippen LogP) is 3.34. The van der Waals surface area contributed by atoms with Crippen molar-refractivity contribution in [3.63, 3.8) is 0 Å². The van der Waals surface area contributed by atoms with Gasteiger partial charge in [0.15, 0.2) is 15.6 Å². The molecule has 2 amide bonds. The molecule has 0 aliphatic carbocycles. The zero-order valence-electron chi connectivity index (χ0n) is 14.7. The summed E-state index contributed by atoms with van der Waals surface area (Å²) in [5.41, 5.74) is 6.18. The molecule has 2 aromatic carbocycles. The highest BCUT2D eigenvalue weighted by molar-refractivity contribution is 7.90. The van der Waals surface area contributed by atoms with E-state index in [1.165, 1.54) is 6.07 Å². The maximum absolute atomic E-state index is 12.2. The third kappa shape index (κ3) is 4.16. The summed E-state index contributed by atoms with van der Waals surface area (Å²) in [7, 11) is -3.55. The Morgan fingerprint density at radius 1 is 1.21 bits per heavy atom. The molecule has 1 heterocycles. The topological polar surface area (TPSA) is 127 Å². The number of nitrogens with zero attached hydrogens (tertiary/aromatic N) is 2. The van der Waals surface area contributed by atoms with Gasteiger partial charge in [-0.25, -0.2) is 18.2 Å². The molecule has 3 N–H and O–H groups in total. The highest BCUT2D eigenvalue weighted by Crippen LogP contribution is 2.36. The van der Waals surface area contributed by atoms with Gasteiger partial charge in [0, 0.05) is 22.4 Å². The molecule has 0 radical (unpaired) electrons. The molecule has 0 fully saturated rings. The molecule has 0 saturated carbocycles. The van der Waals surface area contributed by atoms with E-state index in [9.17, 15) is 18.4 Å². The monoisotopic (exact) mass is 421 g/mol. The van der Waals surface area contributed by atoms with Gasteiger partial charge >= 0.3 is 6.03 Å². The fourth-order valence-electron chi connectivity index (χ4n) is 2.60. The average Bonchev–Trinajstić information content (AvgIpc) is 3.05. The summed E-state index contributed by atoms with van der Waals surface area (Å²) >= 11 is 5.93. The Bertz CT molecular complexity index is 1130. The summed E-state index contributed by atoms with van der Waals surface area (Å²) in [4.78, 5) is 15.5. The van der Waals surface area contributed by atoms with Crippen LogP contribution in [0.5, 0.6) is 0 Å². The quantitative estimate of drug-likeness (QED) is 0.480. The van der Waals surface area contributed by atoms with E-state index in [0.29, 0.717) is 16.1 Å². The van der Waals surface area contributed by atoms with Crippen LogP contribution < -0.4 is 5.73 Å². The Morgan fingerprint density at radius 2 is 1.86 bits per heavy atom.